The van der Waals surface area contributed by atoms with Crippen molar-refractivity contribution in [1.82, 2.24) is 4.98 Å². The Kier molecular flexibility index (Phi) is 3.47. The summed E-state index contributed by atoms with van der Waals surface area (Å²) in [7, 11) is 0. The third kappa shape index (κ3) is 2.58. The Balaban J connectivity index is 2.33. The smallest absolute Gasteiger partial charge is 0.353 e. The molecule has 2 unspecified atom stereocenters. The Morgan fingerprint density at radius 1 is 1.44 bits per heavy atom. The highest BCUT2D eigenvalue weighted by Gasteiger charge is 2.37. The van der Waals surface area contributed by atoms with E-state index in [1.807, 2.05) is 6.92 Å². The first kappa shape index (κ1) is 13.1. The molecular formula is C12H16F3N3. The molecule has 1 aliphatic heterocycles. The first-order chi connectivity index (χ1) is 8.39. The molecule has 3 nitrogen and oxygen atoms in total. The molecule has 1 aromatic heterocycles. The fraction of sp³-hybridized carbons (Fsp3) is 0.583. The fourth-order valence-corrected chi connectivity index (χ4v) is 2.37. The minimum absolute atomic E-state index is 0.0180. The van der Waals surface area contributed by atoms with Crippen LogP contribution in [0, 0.1) is 0 Å². The zero-order valence-corrected chi connectivity index (χ0v) is 10.1. The van der Waals surface area contributed by atoms with Crippen LogP contribution in [0.5, 0.6) is 0 Å². The molecule has 1 saturated heterocycles. The number of halogens is 3. The van der Waals surface area contributed by atoms with Crippen molar-refractivity contribution in [2.75, 3.05) is 11.4 Å². The Morgan fingerprint density at radius 2 is 2.17 bits per heavy atom. The molecule has 1 fully saturated rings. The van der Waals surface area contributed by atoms with Gasteiger partial charge in [-0.15, -0.1) is 0 Å². The predicted octanol–water partition coefficient (Wildman–Crippen LogP) is 2.42. The van der Waals surface area contributed by atoms with Crippen molar-refractivity contribution in [2.45, 2.75) is 38.0 Å². The number of anilines is 1. The summed E-state index contributed by atoms with van der Waals surface area (Å²) >= 11 is 0. The molecule has 1 aromatic rings. The Morgan fingerprint density at radius 3 is 2.78 bits per heavy atom. The van der Waals surface area contributed by atoms with E-state index < -0.39 is 11.7 Å². The second-order valence-electron chi connectivity index (χ2n) is 4.70. The van der Waals surface area contributed by atoms with E-state index in [4.69, 9.17) is 5.73 Å². The van der Waals surface area contributed by atoms with Crippen molar-refractivity contribution in [3.8, 4) is 0 Å². The molecule has 1 aliphatic rings. The summed E-state index contributed by atoms with van der Waals surface area (Å²) in [6.07, 6.45) is -1.60. The first-order valence-electron chi connectivity index (χ1n) is 5.94. The maximum atomic E-state index is 12.9. The normalized spacial score (nSPS) is 25.3. The number of nitrogens with zero attached hydrogens (tertiary/aromatic N) is 2. The average molecular weight is 259 g/mol. The third-order valence-electron chi connectivity index (χ3n) is 3.28. The van der Waals surface area contributed by atoms with Crippen LogP contribution in [0.2, 0.25) is 0 Å². The van der Waals surface area contributed by atoms with Crippen molar-refractivity contribution in [1.29, 1.82) is 0 Å². The van der Waals surface area contributed by atoms with E-state index in [1.165, 1.54) is 12.3 Å². The quantitative estimate of drug-likeness (QED) is 0.842. The van der Waals surface area contributed by atoms with Gasteiger partial charge in [-0.2, -0.15) is 13.2 Å². The molecule has 6 heteroatoms. The van der Waals surface area contributed by atoms with E-state index in [0.29, 0.717) is 19.4 Å². The van der Waals surface area contributed by atoms with Crippen LogP contribution in [-0.2, 0) is 6.18 Å². The van der Waals surface area contributed by atoms with E-state index in [9.17, 15) is 13.2 Å². The number of piperidine rings is 1. The molecule has 0 radical (unpaired) electrons. The second-order valence-corrected chi connectivity index (χ2v) is 4.70. The molecule has 2 heterocycles. The van der Waals surface area contributed by atoms with Gasteiger partial charge in [0.1, 0.15) is 5.82 Å². The Hall–Kier alpha value is -1.30. The maximum Gasteiger partial charge on any atom is 0.419 e. The van der Waals surface area contributed by atoms with Gasteiger partial charge in [0.15, 0.2) is 0 Å². The summed E-state index contributed by atoms with van der Waals surface area (Å²) in [5.41, 5.74) is 5.15. The van der Waals surface area contributed by atoms with Crippen LogP contribution < -0.4 is 10.6 Å². The predicted molar refractivity (Wildman–Crippen MR) is 63.3 cm³/mol. The number of hydrogen-bond donors (Lipinski definition) is 1. The van der Waals surface area contributed by atoms with E-state index in [0.717, 1.165) is 6.07 Å². The highest BCUT2D eigenvalue weighted by atomic mass is 19.4. The van der Waals surface area contributed by atoms with Gasteiger partial charge in [0, 0.05) is 24.8 Å². The molecule has 0 amide bonds. The fourth-order valence-electron chi connectivity index (χ4n) is 2.37. The van der Waals surface area contributed by atoms with Crippen LogP contribution in [0.1, 0.15) is 25.3 Å². The molecule has 0 aliphatic carbocycles. The highest BCUT2D eigenvalue weighted by molar-refractivity contribution is 5.49. The SMILES string of the molecule is CC1CC(N)CCN1c1ncccc1C(F)(F)F. The molecule has 100 valence electrons. The number of alkyl halides is 3. The summed E-state index contributed by atoms with van der Waals surface area (Å²) in [4.78, 5) is 5.61. The lowest BCUT2D eigenvalue weighted by Crippen LogP contribution is -2.46. The summed E-state index contributed by atoms with van der Waals surface area (Å²) in [6.45, 7) is 2.40. The van der Waals surface area contributed by atoms with Gasteiger partial charge in [-0.25, -0.2) is 4.98 Å². The van der Waals surface area contributed by atoms with Gasteiger partial charge < -0.3 is 10.6 Å². The standard InChI is InChI=1S/C12H16F3N3/c1-8-7-9(16)4-6-18(8)11-10(12(13,14)15)3-2-5-17-11/h2-3,5,8-9H,4,6-7,16H2,1H3. The molecule has 2 rings (SSSR count). The topological polar surface area (TPSA) is 42.1 Å². The van der Waals surface area contributed by atoms with E-state index in [2.05, 4.69) is 4.98 Å². The highest BCUT2D eigenvalue weighted by Crippen LogP contribution is 2.36. The van der Waals surface area contributed by atoms with Gasteiger partial charge in [-0.1, -0.05) is 0 Å². The van der Waals surface area contributed by atoms with Crippen LogP contribution in [0.15, 0.2) is 18.3 Å². The molecule has 0 saturated carbocycles. The summed E-state index contributed by atoms with van der Waals surface area (Å²) < 4.78 is 38.7. The average Bonchev–Trinajstić information content (AvgIpc) is 2.28. The van der Waals surface area contributed by atoms with Crippen molar-refractivity contribution >= 4 is 5.82 Å². The molecule has 0 spiro atoms. The van der Waals surface area contributed by atoms with Gasteiger partial charge >= 0.3 is 6.18 Å². The van der Waals surface area contributed by atoms with Crippen LogP contribution in [0.3, 0.4) is 0 Å². The van der Waals surface area contributed by atoms with Gasteiger partial charge in [0.2, 0.25) is 0 Å². The number of pyridine rings is 1. The lowest BCUT2D eigenvalue weighted by atomic mass is 9.98. The van der Waals surface area contributed by atoms with Gasteiger partial charge in [-0.05, 0) is 31.9 Å². The number of hydrogen-bond acceptors (Lipinski definition) is 3. The van der Waals surface area contributed by atoms with Crippen molar-refractivity contribution in [3.05, 3.63) is 23.9 Å². The zero-order valence-electron chi connectivity index (χ0n) is 10.1. The molecule has 0 aromatic carbocycles. The van der Waals surface area contributed by atoms with Crippen LogP contribution in [-0.4, -0.2) is 23.6 Å². The molecule has 0 bridgehead atoms. The van der Waals surface area contributed by atoms with Crippen molar-refractivity contribution < 1.29 is 13.2 Å². The largest absolute Gasteiger partial charge is 0.419 e. The van der Waals surface area contributed by atoms with Crippen LogP contribution >= 0.6 is 0 Å². The molecular weight excluding hydrogens is 243 g/mol. The van der Waals surface area contributed by atoms with E-state index in [-0.39, 0.29) is 17.9 Å². The van der Waals surface area contributed by atoms with Crippen LogP contribution in [0.25, 0.3) is 0 Å². The van der Waals surface area contributed by atoms with E-state index in [1.54, 1.807) is 4.90 Å². The molecule has 2 N–H and O–H groups in total. The van der Waals surface area contributed by atoms with Crippen LogP contribution in [0.4, 0.5) is 19.0 Å². The number of nitrogens with two attached hydrogens (primary N) is 1. The molecule has 18 heavy (non-hydrogen) atoms. The Labute approximate surface area is 104 Å². The zero-order chi connectivity index (χ0) is 13.3. The number of aromatic nitrogens is 1. The Bertz CT molecular complexity index is 419. The minimum Gasteiger partial charge on any atom is -0.353 e. The summed E-state index contributed by atoms with van der Waals surface area (Å²) in [5.74, 6) is 0.0180. The van der Waals surface area contributed by atoms with Crippen molar-refractivity contribution in [2.24, 2.45) is 5.73 Å². The summed E-state index contributed by atoms with van der Waals surface area (Å²) in [5, 5.41) is 0. The minimum atomic E-state index is -4.37. The second kappa shape index (κ2) is 4.76. The molecule has 2 atom stereocenters. The van der Waals surface area contributed by atoms with Gasteiger partial charge in [0.25, 0.3) is 0 Å². The third-order valence-corrected chi connectivity index (χ3v) is 3.28. The monoisotopic (exact) mass is 259 g/mol. The lowest BCUT2D eigenvalue weighted by Gasteiger charge is -2.38. The summed E-state index contributed by atoms with van der Waals surface area (Å²) in [6, 6.07) is 2.43. The van der Waals surface area contributed by atoms with Gasteiger partial charge in [-0.3, -0.25) is 0 Å². The van der Waals surface area contributed by atoms with E-state index >= 15 is 0 Å². The van der Waals surface area contributed by atoms with Gasteiger partial charge in [0.05, 0.1) is 5.56 Å². The number of rotatable bonds is 1. The van der Waals surface area contributed by atoms with Crippen molar-refractivity contribution in [3.63, 3.8) is 0 Å². The maximum absolute atomic E-state index is 12.9. The lowest BCUT2D eigenvalue weighted by molar-refractivity contribution is -0.137. The first-order valence-corrected chi connectivity index (χ1v) is 5.94.